The Bertz CT molecular complexity index is 1050. The van der Waals surface area contributed by atoms with Crippen LogP contribution in [0.1, 0.15) is 35.8 Å². The highest BCUT2D eigenvalue weighted by Crippen LogP contribution is 2.31. The van der Waals surface area contributed by atoms with Gasteiger partial charge in [0.1, 0.15) is 5.75 Å². The Balaban J connectivity index is 1.86. The third kappa shape index (κ3) is 5.36. The van der Waals surface area contributed by atoms with Crippen molar-refractivity contribution in [1.82, 2.24) is 9.78 Å². The Morgan fingerprint density at radius 2 is 1.90 bits per heavy atom. The molecule has 1 aromatic heterocycles. The average molecular weight is 433 g/mol. The number of ether oxygens (including phenoxy) is 2. The predicted molar refractivity (Wildman–Crippen MR) is 110 cm³/mol. The number of hydrogen-bond acceptors (Lipinski definition) is 4. The number of methoxy groups -OCH3 is 1. The maximum atomic E-state index is 13.0. The number of anilines is 1. The fraction of sp³-hybridized carbons (Fsp3) is 0.273. The van der Waals surface area contributed by atoms with Crippen molar-refractivity contribution in [1.29, 1.82) is 0 Å². The molecule has 0 atom stereocenters. The van der Waals surface area contributed by atoms with Gasteiger partial charge in [0.15, 0.2) is 11.4 Å². The molecule has 0 radical (unpaired) electrons. The molecule has 2 aromatic carbocycles. The second kappa shape index (κ2) is 9.55. The van der Waals surface area contributed by atoms with E-state index in [1.165, 1.54) is 30.1 Å². The second-order valence-corrected chi connectivity index (χ2v) is 6.69. The van der Waals surface area contributed by atoms with Gasteiger partial charge < -0.3 is 14.8 Å². The molecule has 0 aliphatic carbocycles. The van der Waals surface area contributed by atoms with Crippen LogP contribution in [0.5, 0.6) is 11.5 Å². The minimum Gasteiger partial charge on any atom is -0.493 e. The van der Waals surface area contributed by atoms with E-state index >= 15 is 0 Å². The molecule has 0 unspecified atom stereocenters. The Morgan fingerprint density at radius 3 is 2.61 bits per heavy atom. The zero-order valence-electron chi connectivity index (χ0n) is 17.1. The molecular formula is C22H22F3N3O3. The summed E-state index contributed by atoms with van der Waals surface area (Å²) in [4.78, 5) is 12.8. The van der Waals surface area contributed by atoms with Crippen molar-refractivity contribution in [2.24, 2.45) is 0 Å². The Kier molecular flexibility index (Phi) is 6.84. The standard InChI is InChI=1S/C22H22F3N3O3/c1-3-4-12-31-18-11-6-5-10-17(18)26-21(29)20-19(30-2)14-28(27-20)16-9-7-8-15(13-16)22(23,24)25/h5-11,13-14H,3-4,12H2,1-2H3,(H,26,29). The van der Waals surface area contributed by atoms with Crippen LogP contribution in [0.2, 0.25) is 0 Å². The maximum Gasteiger partial charge on any atom is 0.416 e. The molecule has 0 fully saturated rings. The van der Waals surface area contributed by atoms with Crippen molar-refractivity contribution in [2.75, 3.05) is 19.0 Å². The molecule has 9 heteroatoms. The van der Waals surface area contributed by atoms with Gasteiger partial charge in [-0.15, -0.1) is 0 Å². The van der Waals surface area contributed by atoms with Crippen molar-refractivity contribution in [3.05, 3.63) is 66.0 Å². The van der Waals surface area contributed by atoms with Gasteiger partial charge in [-0.2, -0.15) is 18.3 Å². The summed E-state index contributed by atoms with van der Waals surface area (Å²) in [5.74, 6) is 0.0639. The molecule has 3 aromatic rings. The summed E-state index contributed by atoms with van der Waals surface area (Å²) in [5.41, 5.74) is -0.276. The van der Waals surface area contributed by atoms with Crippen LogP contribution in [0.15, 0.2) is 54.7 Å². The third-order valence-corrected chi connectivity index (χ3v) is 4.44. The summed E-state index contributed by atoms with van der Waals surface area (Å²) in [6, 6.07) is 11.6. The monoisotopic (exact) mass is 433 g/mol. The van der Waals surface area contributed by atoms with Gasteiger partial charge in [0.05, 0.1) is 36.9 Å². The average Bonchev–Trinajstić information content (AvgIpc) is 3.19. The van der Waals surface area contributed by atoms with Gasteiger partial charge in [-0.3, -0.25) is 4.79 Å². The molecule has 164 valence electrons. The summed E-state index contributed by atoms with van der Waals surface area (Å²) in [6.07, 6.45) is -1.29. The van der Waals surface area contributed by atoms with Gasteiger partial charge in [0.2, 0.25) is 0 Å². The number of aromatic nitrogens is 2. The summed E-state index contributed by atoms with van der Waals surface area (Å²) in [6.45, 7) is 2.56. The van der Waals surface area contributed by atoms with E-state index in [1.807, 2.05) is 6.92 Å². The first-order valence-electron chi connectivity index (χ1n) is 9.68. The third-order valence-electron chi connectivity index (χ3n) is 4.44. The predicted octanol–water partition coefficient (Wildman–Crippen LogP) is 5.33. The van der Waals surface area contributed by atoms with Crippen molar-refractivity contribution in [3.63, 3.8) is 0 Å². The van der Waals surface area contributed by atoms with Gasteiger partial charge in [0.25, 0.3) is 5.91 Å². The van der Waals surface area contributed by atoms with Crippen molar-refractivity contribution < 1.29 is 27.4 Å². The Hall–Kier alpha value is -3.49. The number of para-hydroxylation sites is 2. The molecule has 3 rings (SSSR count). The highest BCUT2D eigenvalue weighted by Gasteiger charge is 2.30. The number of amides is 1. The highest BCUT2D eigenvalue weighted by molar-refractivity contribution is 6.05. The molecule has 0 aliphatic rings. The van der Waals surface area contributed by atoms with Crippen LogP contribution in [0.25, 0.3) is 5.69 Å². The van der Waals surface area contributed by atoms with E-state index in [1.54, 1.807) is 24.3 Å². The lowest BCUT2D eigenvalue weighted by Crippen LogP contribution is -2.15. The van der Waals surface area contributed by atoms with Gasteiger partial charge in [-0.25, -0.2) is 4.68 Å². The number of benzene rings is 2. The van der Waals surface area contributed by atoms with E-state index in [9.17, 15) is 18.0 Å². The molecule has 1 amide bonds. The highest BCUT2D eigenvalue weighted by atomic mass is 19.4. The quantitative estimate of drug-likeness (QED) is 0.488. The van der Waals surface area contributed by atoms with Gasteiger partial charge >= 0.3 is 6.18 Å². The molecule has 31 heavy (non-hydrogen) atoms. The molecule has 6 nitrogen and oxygen atoms in total. The molecular weight excluding hydrogens is 411 g/mol. The fourth-order valence-electron chi connectivity index (χ4n) is 2.83. The molecule has 1 N–H and O–H groups in total. The van der Waals surface area contributed by atoms with Crippen LogP contribution < -0.4 is 14.8 Å². The lowest BCUT2D eigenvalue weighted by molar-refractivity contribution is -0.137. The largest absolute Gasteiger partial charge is 0.493 e. The molecule has 0 saturated heterocycles. The van der Waals surface area contributed by atoms with Gasteiger partial charge in [-0.1, -0.05) is 31.5 Å². The Morgan fingerprint density at radius 1 is 1.13 bits per heavy atom. The minimum atomic E-state index is -4.49. The number of halogens is 3. The first-order valence-corrected chi connectivity index (χ1v) is 9.68. The topological polar surface area (TPSA) is 65.4 Å². The summed E-state index contributed by atoms with van der Waals surface area (Å²) in [7, 11) is 1.35. The summed E-state index contributed by atoms with van der Waals surface area (Å²) < 4.78 is 51.2. The molecule has 0 saturated carbocycles. The second-order valence-electron chi connectivity index (χ2n) is 6.69. The fourth-order valence-corrected chi connectivity index (χ4v) is 2.83. The van der Waals surface area contributed by atoms with E-state index in [0.717, 1.165) is 25.0 Å². The van der Waals surface area contributed by atoms with Crippen molar-refractivity contribution >= 4 is 11.6 Å². The number of hydrogen-bond donors (Lipinski definition) is 1. The minimum absolute atomic E-state index is 0.0664. The normalized spacial score (nSPS) is 11.3. The molecule has 0 spiro atoms. The number of carbonyl (C=O) groups excluding carboxylic acids is 1. The maximum absolute atomic E-state index is 13.0. The summed E-state index contributed by atoms with van der Waals surface area (Å²) in [5, 5.41) is 6.88. The van der Waals surface area contributed by atoms with Crippen LogP contribution in [0.3, 0.4) is 0 Å². The van der Waals surface area contributed by atoms with Crippen LogP contribution >= 0.6 is 0 Å². The van der Waals surface area contributed by atoms with Crippen LogP contribution in [-0.2, 0) is 6.18 Å². The smallest absolute Gasteiger partial charge is 0.416 e. The number of alkyl halides is 3. The molecule has 0 bridgehead atoms. The zero-order valence-corrected chi connectivity index (χ0v) is 17.1. The van der Waals surface area contributed by atoms with E-state index in [-0.39, 0.29) is 17.1 Å². The first kappa shape index (κ1) is 22.2. The number of nitrogens with one attached hydrogen (secondary N) is 1. The van der Waals surface area contributed by atoms with E-state index in [2.05, 4.69) is 10.4 Å². The van der Waals surface area contributed by atoms with Crippen molar-refractivity contribution in [3.8, 4) is 17.2 Å². The lowest BCUT2D eigenvalue weighted by atomic mass is 10.2. The summed E-state index contributed by atoms with van der Waals surface area (Å²) >= 11 is 0. The lowest BCUT2D eigenvalue weighted by Gasteiger charge is -2.12. The Labute approximate surface area is 177 Å². The number of unbranched alkanes of at least 4 members (excludes halogenated alkanes) is 1. The van der Waals surface area contributed by atoms with Gasteiger partial charge in [0, 0.05) is 0 Å². The van der Waals surface area contributed by atoms with Gasteiger partial charge in [-0.05, 0) is 36.8 Å². The number of nitrogens with zero attached hydrogens (tertiary/aromatic N) is 2. The zero-order chi connectivity index (χ0) is 22.4. The number of rotatable bonds is 8. The molecule has 1 heterocycles. The van der Waals surface area contributed by atoms with E-state index in [4.69, 9.17) is 9.47 Å². The molecule has 0 aliphatic heterocycles. The first-order chi connectivity index (χ1) is 14.8. The van der Waals surface area contributed by atoms with Crippen LogP contribution in [0, 0.1) is 0 Å². The van der Waals surface area contributed by atoms with Crippen LogP contribution in [0.4, 0.5) is 18.9 Å². The van der Waals surface area contributed by atoms with E-state index in [0.29, 0.717) is 18.0 Å². The SMILES string of the molecule is CCCCOc1ccccc1NC(=O)c1nn(-c2cccc(C(F)(F)F)c2)cc1OC. The number of carbonyl (C=O) groups is 1. The van der Waals surface area contributed by atoms with Crippen molar-refractivity contribution in [2.45, 2.75) is 25.9 Å². The van der Waals surface area contributed by atoms with E-state index < -0.39 is 17.6 Å². The van der Waals surface area contributed by atoms with Crippen LogP contribution in [-0.4, -0.2) is 29.4 Å².